The van der Waals surface area contributed by atoms with Crippen LogP contribution in [0.1, 0.15) is 18.2 Å². The molecular weight excluding hydrogens is 488 g/mol. The molecule has 0 spiro atoms. The third kappa shape index (κ3) is 5.65. The van der Waals surface area contributed by atoms with Gasteiger partial charge in [0.05, 0.1) is 28.8 Å². The lowest BCUT2D eigenvalue weighted by molar-refractivity contribution is -0.145. The number of rotatable bonds is 8. The Morgan fingerprint density at radius 1 is 1.29 bits per heavy atom. The summed E-state index contributed by atoms with van der Waals surface area (Å²) in [5.74, 6) is -0.249. The lowest BCUT2D eigenvalue weighted by Crippen LogP contribution is -2.34. The van der Waals surface area contributed by atoms with Crippen LogP contribution in [0.4, 0.5) is 4.79 Å². The van der Waals surface area contributed by atoms with Crippen LogP contribution in [0.25, 0.3) is 6.08 Å². The summed E-state index contributed by atoms with van der Waals surface area (Å²) in [6, 6.07) is 8.98. The van der Waals surface area contributed by atoms with Crippen LogP contribution in [-0.4, -0.2) is 47.3 Å². The molecule has 8 nitrogen and oxygen atoms in total. The van der Waals surface area contributed by atoms with Gasteiger partial charge in [0.1, 0.15) is 13.2 Å². The number of carbonyl (C=O) groups excluding carboxylic acids is 3. The zero-order chi connectivity index (χ0) is 22.4. The maximum atomic E-state index is 12.6. The average molecular weight is 507 g/mol. The second kappa shape index (κ2) is 10.5. The van der Waals surface area contributed by atoms with Crippen LogP contribution < -0.4 is 9.47 Å². The van der Waals surface area contributed by atoms with Crippen LogP contribution in [0.5, 0.6) is 11.5 Å². The first-order chi connectivity index (χ1) is 14.9. The minimum atomic E-state index is -0.634. The van der Waals surface area contributed by atoms with E-state index in [1.54, 1.807) is 31.3 Å². The summed E-state index contributed by atoms with van der Waals surface area (Å²) in [6.45, 7) is 1.67. The smallest absolute Gasteiger partial charge is 0.326 e. The third-order valence-corrected chi connectivity index (χ3v) is 5.60. The Morgan fingerprint density at radius 2 is 2.10 bits per heavy atom. The van der Waals surface area contributed by atoms with E-state index in [0.717, 1.165) is 22.4 Å². The van der Waals surface area contributed by atoms with Crippen LogP contribution >= 0.6 is 27.7 Å². The van der Waals surface area contributed by atoms with Gasteiger partial charge in [0.2, 0.25) is 0 Å². The van der Waals surface area contributed by atoms with E-state index in [0.29, 0.717) is 21.5 Å². The number of benzene rings is 1. The molecule has 2 heterocycles. The number of nitrogens with zero attached hydrogens (tertiary/aromatic N) is 2. The summed E-state index contributed by atoms with van der Waals surface area (Å²) in [5, 5.41) is -0.523. The first-order valence-electron chi connectivity index (χ1n) is 9.24. The first kappa shape index (κ1) is 22.8. The Balaban J connectivity index is 1.79. The number of thioether (sulfide) groups is 1. The minimum absolute atomic E-state index is 0.174. The fourth-order valence-electron chi connectivity index (χ4n) is 2.72. The van der Waals surface area contributed by atoms with Gasteiger partial charge >= 0.3 is 5.97 Å². The van der Waals surface area contributed by atoms with Crippen molar-refractivity contribution in [2.45, 2.75) is 13.5 Å². The van der Waals surface area contributed by atoms with Crippen LogP contribution in [-0.2, 0) is 20.9 Å². The van der Waals surface area contributed by atoms with Gasteiger partial charge in [-0.25, -0.2) is 0 Å². The molecule has 0 unspecified atom stereocenters. The van der Waals surface area contributed by atoms with E-state index in [-0.39, 0.29) is 18.1 Å². The Labute approximate surface area is 191 Å². The highest BCUT2D eigenvalue weighted by molar-refractivity contribution is 9.10. The summed E-state index contributed by atoms with van der Waals surface area (Å²) in [5.41, 5.74) is 1.38. The number of aromatic nitrogens is 1. The van der Waals surface area contributed by atoms with Crippen molar-refractivity contribution in [3.05, 3.63) is 57.2 Å². The van der Waals surface area contributed by atoms with Crippen molar-refractivity contribution in [2.24, 2.45) is 0 Å². The molecule has 1 aromatic heterocycles. The predicted octanol–water partition coefficient (Wildman–Crippen LogP) is 4.03. The Hall–Kier alpha value is -2.85. The zero-order valence-corrected chi connectivity index (χ0v) is 19.2. The lowest BCUT2D eigenvalue weighted by atomic mass is 10.2. The van der Waals surface area contributed by atoms with Crippen LogP contribution in [0.15, 0.2) is 45.9 Å². The third-order valence-electron chi connectivity index (χ3n) is 4.11. The average Bonchev–Trinajstić information content (AvgIpc) is 3.00. The summed E-state index contributed by atoms with van der Waals surface area (Å²) in [6.07, 6.45) is 3.24. The van der Waals surface area contributed by atoms with E-state index in [9.17, 15) is 14.4 Å². The molecule has 0 N–H and O–H groups in total. The van der Waals surface area contributed by atoms with Crippen molar-refractivity contribution in [3.63, 3.8) is 0 Å². The second-order valence-corrected chi connectivity index (χ2v) is 8.06. The standard InChI is InChI=1S/C21H19BrN2O6S/c1-3-29-18(25)11-24-20(26)17(31-21(24)27)10-13-8-15(22)19(16(9-13)28-2)30-12-14-6-4-5-7-23-14/h4-10H,3,11-12H2,1-2H3/b17-10+. The Kier molecular flexibility index (Phi) is 7.69. The molecule has 0 radical (unpaired) electrons. The van der Waals surface area contributed by atoms with Crippen molar-refractivity contribution in [3.8, 4) is 11.5 Å². The summed E-state index contributed by atoms with van der Waals surface area (Å²) < 4.78 is 16.7. The number of hydrogen-bond donors (Lipinski definition) is 0. The van der Waals surface area contributed by atoms with E-state index in [1.165, 1.54) is 7.11 Å². The highest BCUT2D eigenvalue weighted by Gasteiger charge is 2.36. The van der Waals surface area contributed by atoms with Crippen LogP contribution in [0, 0.1) is 0 Å². The van der Waals surface area contributed by atoms with Crippen LogP contribution in [0.3, 0.4) is 0 Å². The van der Waals surface area contributed by atoms with Crippen molar-refractivity contribution in [1.82, 2.24) is 9.88 Å². The summed E-state index contributed by atoms with van der Waals surface area (Å²) >= 11 is 4.23. The quantitative estimate of drug-likeness (QED) is 0.391. The fourth-order valence-corrected chi connectivity index (χ4v) is 4.13. The van der Waals surface area contributed by atoms with E-state index < -0.39 is 23.7 Å². The Bertz CT molecular complexity index is 1030. The van der Waals surface area contributed by atoms with Gasteiger partial charge in [-0.3, -0.25) is 24.3 Å². The van der Waals surface area contributed by atoms with Crippen molar-refractivity contribution in [1.29, 1.82) is 0 Å². The second-order valence-electron chi connectivity index (χ2n) is 6.22. The maximum Gasteiger partial charge on any atom is 0.326 e. The molecule has 162 valence electrons. The van der Waals surface area contributed by atoms with Gasteiger partial charge in [-0.15, -0.1) is 0 Å². The van der Waals surface area contributed by atoms with E-state index in [4.69, 9.17) is 14.2 Å². The molecule has 1 fully saturated rings. The largest absolute Gasteiger partial charge is 0.493 e. The predicted molar refractivity (Wildman–Crippen MR) is 119 cm³/mol. The topological polar surface area (TPSA) is 95.0 Å². The van der Waals surface area contributed by atoms with Gasteiger partial charge in [-0.1, -0.05) is 6.07 Å². The number of amides is 2. The highest BCUT2D eigenvalue weighted by atomic mass is 79.9. The molecule has 0 aliphatic carbocycles. The van der Waals surface area contributed by atoms with Gasteiger partial charge in [-0.05, 0) is 70.5 Å². The summed E-state index contributed by atoms with van der Waals surface area (Å²) in [7, 11) is 1.51. The molecule has 0 saturated carbocycles. The van der Waals surface area contributed by atoms with E-state index in [1.807, 2.05) is 18.2 Å². The molecule has 1 aliphatic rings. The van der Waals surface area contributed by atoms with Gasteiger partial charge in [0.15, 0.2) is 11.5 Å². The number of methoxy groups -OCH3 is 1. The van der Waals surface area contributed by atoms with Crippen molar-refractivity contribution < 1.29 is 28.6 Å². The van der Waals surface area contributed by atoms with E-state index in [2.05, 4.69) is 20.9 Å². The molecule has 0 atom stereocenters. The lowest BCUT2D eigenvalue weighted by Gasteiger charge is -2.13. The van der Waals surface area contributed by atoms with Gasteiger partial charge in [0, 0.05) is 6.20 Å². The first-order valence-corrected chi connectivity index (χ1v) is 10.8. The summed E-state index contributed by atoms with van der Waals surface area (Å²) in [4.78, 5) is 41.6. The number of halogens is 1. The minimum Gasteiger partial charge on any atom is -0.493 e. The monoisotopic (exact) mass is 506 g/mol. The number of esters is 1. The normalized spacial score (nSPS) is 14.8. The zero-order valence-electron chi connectivity index (χ0n) is 16.8. The van der Waals surface area contributed by atoms with Gasteiger partial charge in [-0.2, -0.15) is 0 Å². The maximum absolute atomic E-state index is 12.6. The Morgan fingerprint density at radius 3 is 2.77 bits per heavy atom. The highest BCUT2D eigenvalue weighted by Crippen LogP contribution is 2.39. The van der Waals surface area contributed by atoms with Gasteiger partial charge in [0.25, 0.3) is 11.1 Å². The molecular formula is C21H19BrN2O6S. The molecule has 31 heavy (non-hydrogen) atoms. The number of ether oxygens (including phenoxy) is 3. The molecule has 3 rings (SSSR count). The number of imide groups is 1. The number of hydrogen-bond acceptors (Lipinski definition) is 8. The fraction of sp³-hybridized carbons (Fsp3) is 0.238. The van der Waals surface area contributed by atoms with Crippen molar-refractivity contribution in [2.75, 3.05) is 20.3 Å². The number of pyridine rings is 1. The number of carbonyl (C=O) groups is 3. The molecule has 10 heteroatoms. The molecule has 1 aliphatic heterocycles. The molecule has 1 aromatic carbocycles. The van der Waals surface area contributed by atoms with Crippen LogP contribution in [0.2, 0.25) is 0 Å². The molecule has 1 saturated heterocycles. The van der Waals surface area contributed by atoms with Gasteiger partial charge < -0.3 is 14.2 Å². The molecule has 2 amide bonds. The molecule has 2 aromatic rings. The van der Waals surface area contributed by atoms with E-state index >= 15 is 0 Å². The molecule has 0 bridgehead atoms. The SMILES string of the molecule is CCOC(=O)CN1C(=O)S/C(=C/c2cc(Br)c(OCc3ccccn3)c(OC)c2)C1=O. The van der Waals surface area contributed by atoms with Crippen molar-refractivity contribution >= 4 is 50.9 Å².